The molecule has 7 nitrogen and oxygen atoms in total. The van der Waals surface area contributed by atoms with Crippen molar-refractivity contribution in [1.29, 1.82) is 0 Å². The number of benzene rings is 2. The van der Waals surface area contributed by atoms with Crippen LogP contribution < -0.4 is 15.4 Å². The Morgan fingerprint density at radius 3 is 2.41 bits per heavy atom. The minimum absolute atomic E-state index is 0.215. The van der Waals surface area contributed by atoms with Crippen LogP contribution in [0.25, 0.3) is 0 Å². The van der Waals surface area contributed by atoms with E-state index >= 15 is 0 Å². The Morgan fingerprint density at radius 1 is 1.04 bits per heavy atom. The minimum atomic E-state index is -0.618. The van der Waals surface area contributed by atoms with Gasteiger partial charge in [-0.15, -0.1) is 0 Å². The van der Waals surface area contributed by atoms with Crippen LogP contribution in [-0.2, 0) is 9.53 Å². The van der Waals surface area contributed by atoms with Crippen molar-refractivity contribution in [3.8, 4) is 5.75 Å². The van der Waals surface area contributed by atoms with Gasteiger partial charge in [-0.2, -0.15) is 0 Å². The molecule has 0 unspecified atom stereocenters. The first-order valence-electron chi connectivity index (χ1n) is 8.57. The van der Waals surface area contributed by atoms with E-state index in [0.717, 1.165) is 12.8 Å². The molecule has 1 aliphatic rings. The monoisotopic (exact) mass is 368 g/mol. The van der Waals surface area contributed by atoms with E-state index in [1.165, 1.54) is 7.11 Å². The Bertz CT molecular complexity index is 844. The fraction of sp³-hybridized carbons (Fsp3) is 0.250. The molecule has 0 atom stereocenters. The van der Waals surface area contributed by atoms with Gasteiger partial charge in [0.1, 0.15) is 5.75 Å². The summed E-state index contributed by atoms with van der Waals surface area (Å²) in [5, 5.41) is 5.49. The maximum Gasteiger partial charge on any atom is 0.338 e. The van der Waals surface area contributed by atoms with Gasteiger partial charge in [0, 0.05) is 6.04 Å². The Balaban J connectivity index is 1.55. The number of anilines is 1. The summed E-state index contributed by atoms with van der Waals surface area (Å²) >= 11 is 0. The van der Waals surface area contributed by atoms with E-state index in [1.54, 1.807) is 48.5 Å². The molecule has 3 rings (SSSR count). The SMILES string of the molecule is COc1ccc(C(=O)OCC(=O)Nc2ccccc2C(=O)NC2CC2)cc1. The van der Waals surface area contributed by atoms with Crippen LogP contribution in [0.1, 0.15) is 33.6 Å². The van der Waals surface area contributed by atoms with Crippen LogP contribution in [0.5, 0.6) is 5.75 Å². The predicted molar refractivity (Wildman–Crippen MR) is 98.8 cm³/mol. The van der Waals surface area contributed by atoms with E-state index in [1.807, 2.05) is 0 Å². The number of esters is 1. The first-order chi connectivity index (χ1) is 13.1. The summed E-state index contributed by atoms with van der Waals surface area (Å²) in [6.45, 7) is -0.455. The number of hydrogen-bond acceptors (Lipinski definition) is 5. The molecule has 2 aromatic rings. The van der Waals surface area contributed by atoms with Gasteiger partial charge in [0.2, 0.25) is 0 Å². The lowest BCUT2D eigenvalue weighted by atomic mass is 10.1. The Hall–Kier alpha value is -3.35. The molecular formula is C20H20N2O5. The maximum absolute atomic E-state index is 12.2. The Labute approximate surface area is 156 Å². The van der Waals surface area contributed by atoms with Gasteiger partial charge in [-0.25, -0.2) is 4.79 Å². The van der Waals surface area contributed by atoms with Gasteiger partial charge >= 0.3 is 5.97 Å². The number of rotatable bonds is 7. The third-order valence-corrected chi connectivity index (χ3v) is 4.02. The summed E-state index contributed by atoms with van der Waals surface area (Å²) in [6.07, 6.45) is 1.95. The number of ether oxygens (including phenoxy) is 2. The zero-order valence-electron chi connectivity index (χ0n) is 14.9. The van der Waals surface area contributed by atoms with Gasteiger partial charge in [-0.3, -0.25) is 9.59 Å². The van der Waals surface area contributed by atoms with Crippen molar-refractivity contribution in [3.63, 3.8) is 0 Å². The predicted octanol–water partition coefficient (Wildman–Crippen LogP) is 2.38. The van der Waals surface area contributed by atoms with Crippen molar-refractivity contribution in [3.05, 3.63) is 59.7 Å². The topological polar surface area (TPSA) is 93.7 Å². The molecule has 0 heterocycles. The van der Waals surface area contributed by atoms with Crippen LogP contribution in [0.2, 0.25) is 0 Å². The van der Waals surface area contributed by atoms with Crippen LogP contribution in [-0.4, -0.2) is 37.5 Å². The molecule has 2 aromatic carbocycles. The average Bonchev–Trinajstić information content (AvgIpc) is 3.50. The molecule has 0 aliphatic heterocycles. The standard InChI is InChI=1S/C20H20N2O5/c1-26-15-10-6-13(7-11-15)20(25)27-12-18(23)22-17-5-3-2-4-16(17)19(24)21-14-8-9-14/h2-7,10-11,14H,8-9,12H2,1H3,(H,21,24)(H,22,23). The van der Waals surface area contributed by atoms with E-state index in [4.69, 9.17) is 9.47 Å². The molecule has 0 radical (unpaired) electrons. The molecule has 1 saturated carbocycles. The molecule has 2 amide bonds. The number of amides is 2. The summed E-state index contributed by atoms with van der Waals surface area (Å²) in [4.78, 5) is 36.4. The lowest BCUT2D eigenvalue weighted by Gasteiger charge is -2.11. The summed E-state index contributed by atoms with van der Waals surface area (Å²) in [6, 6.07) is 13.3. The number of nitrogens with one attached hydrogen (secondary N) is 2. The van der Waals surface area contributed by atoms with Crippen molar-refractivity contribution in [2.45, 2.75) is 18.9 Å². The molecule has 0 bridgehead atoms. The first-order valence-corrected chi connectivity index (χ1v) is 8.57. The number of carbonyl (C=O) groups excluding carboxylic acids is 3. The van der Waals surface area contributed by atoms with Gasteiger partial charge < -0.3 is 20.1 Å². The summed E-state index contributed by atoms with van der Waals surface area (Å²) in [5.74, 6) is -0.759. The highest BCUT2D eigenvalue weighted by Gasteiger charge is 2.25. The van der Waals surface area contributed by atoms with Crippen LogP contribution >= 0.6 is 0 Å². The molecule has 7 heteroatoms. The molecule has 1 aliphatic carbocycles. The highest BCUT2D eigenvalue weighted by atomic mass is 16.5. The van der Waals surface area contributed by atoms with Crippen LogP contribution in [0.4, 0.5) is 5.69 Å². The third kappa shape index (κ3) is 5.07. The fourth-order valence-electron chi connectivity index (χ4n) is 2.41. The van der Waals surface area contributed by atoms with Crippen LogP contribution in [0, 0.1) is 0 Å². The second-order valence-corrected chi connectivity index (χ2v) is 6.15. The number of para-hydroxylation sites is 1. The molecular weight excluding hydrogens is 348 g/mol. The first kappa shape index (κ1) is 18.4. The highest BCUT2D eigenvalue weighted by Crippen LogP contribution is 2.21. The molecule has 0 saturated heterocycles. The van der Waals surface area contributed by atoms with Gasteiger partial charge in [0.05, 0.1) is 23.9 Å². The third-order valence-electron chi connectivity index (χ3n) is 4.02. The zero-order valence-corrected chi connectivity index (χ0v) is 14.9. The molecule has 140 valence electrons. The van der Waals surface area contributed by atoms with Crippen molar-refractivity contribution >= 4 is 23.5 Å². The lowest BCUT2D eigenvalue weighted by molar-refractivity contribution is -0.119. The molecule has 27 heavy (non-hydrogen) atoms. The fourth-order valence-corrected chi connectivity index (χ4v) is 2.41. The largest absolute Gasteiger partial charge is 0.497 e. The Morgan fingerprint density at radius 2 is 1.74 bits per heavy atom. The van der Waals surface area contributed by atoms with Crippen molar-refractivity contribution in [2.75, 3.05) is 19.0 Å². The van der Waals surface area contributed by atoms with Crippen molar-refractivity contribution in [1.82, 2.24) is 5.32 Å². The van der Waals surface area contributed by atoms with E-state index in [9.17, 15) is 14.4 Å². The maximum atomic E-state index is 12.2. The molecule has 0 spiro atoms. The van der Waals surface area contributed by atoms with Gasteiger partial charge in [0.15, 0.2) is 6.61 Å². The minimum Gasteiger partial charge on any atom is -0.497 e. The second kappa shape index (κ2) is 8.35. The van der Waals surface area contributed by atoms with Gasteiger partial charge in [-0.05, 0) is 49.2 Å². The van der Waals surface area contributed by atoms with Crippen molar-refractivity contribution in [2.24, 2.45) is 0 Å². The Kier molecular flexibility index (Phi) is 5.71. The normalized spacial score (nSPS) is 12.8. The van der Waals surface area contributed by atoms with Gasteiger partial charge in [0.25, 0.3) is 11.8 Å². The second-order valence-electron chi connectivity index (χ2n) is 6.15. The summed E-state index contributed by atoms with van der Waals surface area (Å²) in [7, 11) is 1.53. The van der Waals surface area contributed by atoms with Crippen molar-refractivity contribution < 1.29 is 23.9 Å². The van der Waals surface area contributed by atoms with E-state index in [-0.39, 0.29) is 11.9 Å². The lowest BCUT2D eigenvalue weighted by Crippen LogP contribution is -2.28. The highest BCUT2D eigenvalue weighted by molar-refractivity contribution is 6.04. The number of methoxy groups -OCH3 is 1. The van der Waals surface area contributed by atoms with Crippen LogP contribution in [0.3, 0.4) is 0 Å². The van der Waals surface area contributed by atoms with Gasteiger partial charge in [-0.1, -0.05) is 12.1 Å². The zero-order chi connectivity index (χ0) is 19.2. The van der Waals surface area contributed by atoms with E-state index < -0.39 is 18.5 Å². The smallest absolute Gasteiger partial charge is 0.338 e. The summed E-state index contributed by atoms with van der Waals surface area (Å²) in [5.41, 5.74) is 1.06. The van der Waals surface area contributed by atoms with E-state index in [2.05, 4.69) is 10.6 Å². The molecule has 0 aromatic heterocycles. The summed E-state index contributed by atoms with van der Waals surface area (Å²) < 4.78 is 10.0. The average molecular weight is 368 g/mol. The van der Waals surface area contributed by atoms with E-state index in [0.29, 0.717) is 22.6 Å². The number of carbonyl (C=O) groups is 3. The quantitative estimate of drug-likeness (QED) is 0.732. The molecule has 2 N–H and O–H groups in total. The number of hydrogen-bond donors (Lipinski definition) is 2. The van der Waals surface area contributed by atoms with Crippen LogP contribution in [0.15, 0.2) is 48.5 Å². The molecule has 1 fully saturated rings.